The lowest BCUT2D eigenvalue weighted by Crippen LogP contribution is -1.98. The number of hydrogen-bond acceptors (Lipinski definition) is 1. The van der Waals surface area contributed by atoms with Crippen molar-refractivity contribution in [2.24, 2.45) is 0 Å². The Labute approximate surface area is 126 Å². The van der Waals surface area contributed by atoms with E-state index in [1.54, 1.807) is 0 Å². The summed E-state index contributed by atoms with van der Waals surface area (Å²) in [6.07, 6.45) is 2.23. The molecule has 0 saturated carbocycles. The van der Waals surface area contributed by atoms with E-state index in [-0.39, 0.29) is 0 Å². The third kappa shape index (κ3) is 2.66. The fourth-order valence-electron chi connectivity index (χ4n) is 2.80. The van der Waals surface area contributed by atoms with Crippen molar-refractivity contribution in [2.75, 3.05) is 0 Å². The highest BCUT2D eigenvalue weighted by Crippen LogP contribution is 2.28. The molecule has 2 nitrogen and oxygen atoms in total. The van der Waals surface area contributed by atoms with Gasteiger partial charge in [-0.25, -0.2) is 0 Å². The van der Waals surface area contributed by atoms with Crippen LogP contribution in [0.4, 0.5) is 0 Å². The zero-order valence-electron chi connectivity index (χ0n) is 12.8. The van der Waals surface area contributed by atoms with Crippen LogP contribution >= 0.6 is 0 Å². The van der Waals surface area contributed by atoms with Gasteiger partial charge in [0, 0.05) is 28.7 Å². The highest BCUT2D eigenvalue weighted by Gasteiger charge is 2.12. The number of para-hydroxylation sites is 1. The highest BCUT2D eigenvalue weighted by atomic mass is 16.5. The van der Waals surface area contributed by atoms with E-state index in [0.717, 1.165) is 5.75 Å². The molecule has 3 aromatic rings. The molecule has 0 N–H and O–H groups in total. The van der Waals surface area contributed by atoms with Crippen LogP contribution in [0.25, 0.3) is 10.9 Å². The largest absolute Gasteiger partial charge is 0.489 e. The average molecular weight is 279 g/mol. The number of hydrogen-bond donors (Lipinski definition) is 0. The van der Waals surface area contributed by atoms with E-state index in [2.05, 4.69) is 49.7 Å². The number of aryl methyl sites for hydroxylation is 1. The summed E-state index contributed by atoms with van der Waals surface area (Å²) in [6, 6.07) is 16.9. The highest BCUT2D eigenvalue weighted by molar-refractivity contribution is 5.87. The first kappa shape index (κ1) is 13.7. The first-order valence-electron chi connectivity index (χ1n) is 7.43. The molecule has 0 saturated heterocycles. The minimum atomic E-state index is 0.444. The minimum absolute atomic E-state index is 0.444. The summed E-state index contributed by atoms with van der Waals surface area (Å²) in [4.78, 5) is 0. The molecule has 0 bridgehead atoms. The van der Waals surface area contributed by atoms with Gasteiger partial charge < -0.3 is 9.30 Å². The van der Waals surface area contributed by atoms with Crippen molar-refractivity contribution >= 4 is 10.9 Å². The van der Waals surface area contributed by atoms with Gasteiger partial charge in [0.05, 0.1) is 0 Å². The molecule has 0 atom stereocenters. The van der Waals surface area contributed by atoms with Gasteiger partial charge in [-0.3, -0.25) is 0 Å². The van der Waals surface area contributed by atoms with Crippen molar-refractivity contribution in [3.8, 4) is 5.75 Å². The quantitative estimate of drug-likeness (QED) is 0.647. The Balaban J connectivity index is 1.98. The van der Waals surface area contributed by atoms with E-state index in [1.165, 1.54) is 22.0 Å². The van der Waals surface area contributed by atoms with Crippen LogP contribution in [0, 0.1) is 6.92 Å². The van der Waals surface area contributed by atoms with E-state index in [4.69, 9.17) is 4.74 Å². The zero-order valence-corrected chi connectivity index (χ0v) is 12.8. The summed E-state index contributed by atoms with van der Waals surface area (Å²) in [7, 11) is 0. The summed E-state index contributed by atoms with van der Waals surface area (Å²) in [5, 5.41) is 1.32. The van der Waals surface area contributed by atoms with Crippen LogP contribution in [0.1, 0.15) is 31.0 Å². The first-order chi connectivity index (χ1) is 10.2. The Bertz CT molecular complexity index is 741. The van der Waals surface area contributed by atoms with Crippen molar-refractivity contribution < 1.29 is 4.74 Å². The molecule has 3 rings (SSSR count). The van der Waals surface area contributed by atoms with Gasteiger partial charge in [-0.1, -0.05) is 30.3 Å². The first-order valence-corrected chi connectivity index (χ1v) is 7.43. The van der Waals surface area contributed by atoms with Crippen LogP contribution in [-0.2, 0) is 6.61 Å². The zero-order chi connectivity index (χ0) is 14.8. The molecule has 0 aliphatic heterocycles. The average Bonchev–Trinajstić information content (AvgIpc) is 2.87. The molecule has 2 heteroatoms. The van der Waals surface area contributed by atoms with Crippen molar-refractivity contribution in [1.29, 1.82) is 0 Å². The Morgan fingerprint density at radius 3 is 2.48 bits per heavy atom. The van der Waals surface area contributed by atoms with Crippen molar-refractivity contribution in [3.05, 3.63) is 65.9 Å². The maximum atomic E-state index is 5.93. The molecular weight excluding hydrogens is 258 g/mol. The van der Waals surface area contributed by atoms with Crippen LogP contribution in [0.15, 0.2) is 54.7 Å². The molecule has 0 amide bonds. The molecule has 1 aromatic heterocycles. The summed E-state index contributed by atoms with van der Waals surface area (Å²) in [5.74, 6) is 0.913. The fourth-order valence-corrected chi connectivity index (χ4v) is 2.80. The molecule has 0 aliphatic rings. The number of benzene rings is 2. The predicted octanol–water partition coefficient (Wildman–Crippen LogP) is 5.11. The number of fused-ring (bicyclic) bond motifs is 1. The molecule has 0 radical (unpaired) electrons. The third-order valence-corrected chi connectivity index (χ3v) is 3.84. The molecule has 2 aromatic carbocycles. The second-order valence-corrected chi connectivity index (χ2v) is 5.73. The fraction of sp³-hybridized carbons (Fsp3) is 0.263. The maximum absolute atomic E-state index is 5.93. The van der Waals surface area contributed by atoms with Gasteiger partial charge in [0.2, 0.25) is 0 Å². The molecule has 1 heterocycles. The molecule has 0 fully saturated rings. The van der Waals surface area contributed by atoms with Gasteiger partial charge in [0.25, 0.3) is 0 Å². The molecule has 21 heavy (non-hydrogen) atoms. The Morgan fingerprint density at radius 2 is 1.76 bits per heavy atom. The molecule has 0 unspecified atom stereocenters. The van der Waals surface area contributed by atoms with Crippen LogP contribution < -0.4 is 4.74 Å². The second kappa shape index (κ2) is 5.65. The van der Waals surface area contributed by atoms with Crippen LogP contribution in [-0.4, -0.2) is 4.57 Å². The number of ether oxygens (including phenoxy) is 1. The van der Waals surface area contributed by atoms with Crippen molar-refractivity contribution in [2.45, 2.75) is 33.4 Å². The normalized spacial score (nSPS) is 11.2. The summed E-state index contributed by atoms with van der Waals surface area (Å²) in [6.45, 7) is 7.19. The SMILES string of the molecule is Cc1cccc2c1c(COc1ccccc1)cn2C(C)C. The van der Waals surface area contributed by atoms with E-state index in [1.807, 2.05) is 30.3 Å². The summed E-state index contributed by atoms with van der Waals surface area (Å²) < 4.78 is 8.26. The van der Waals surface area contributed by atoms with E-state index in [0.29, 0.717) is 12.6 Å². The molecule has 0 aliphatic carbocycles. The van der Waals surface area contributed by atoms with E-state index >= 15 is 0 Å². The number of aromatic nitrogens is 1. The van der Waals surface area contributed by atoms with Crippen LogP contribution in [0.2, 0.25) is 0 Å². The molecule has 0 spiro atoms. The lowest BCUT2D eigenvalue weighted by molar-refractivity contribution is 0.307. The summed E-state index contributed by atoms with van der Waals surface area (Å²) >= 11 is 0. The van der Waals surface area contributed by atoms with E-state index < -0.39 is 0 Å². The van der Waals surface area contributed by atoms with E-state index in [9.17, 15) is 0 Å². The van der Waals surface area contributed by atoms with Gasteiger partial charge in [0.1, 0.15) is 12.4 Å². The number of nitrogens with zero attached hydrogens (tertiary/aromatic N) is 1. The smallest absolute Gasteiger partial charge is 0.119 e. The standard InChI is InChI=1S/C19H21NO/c1-14(2)20-12-16(13-21-17-9-5-4-6-10-17)19-15(3)8-7-11-18(19)20/h4-12,14H,13H2,1-3H3. The number of rotatable bonds is 4. The minimum Gasteiger partial charge on any atom is -0.489 e. The van der Waals surface area contributed by atoms with Gasteiger partial charge in [0.15, 0.2) is 0 Å². The topological polar surface area (TPSA) is 14.2 Å². The maximum Gasteiger partial charge on any atom is 0.119 e. The monoisotopic (exact) mass is 279 g/mol. The molecule has 108 valence electrons. The predicted molar refractivity (Wildman–Crippen MR) is 87.8 cm³/mol. The van der Waals surface area contributed by atoms with Crippen LogP contribution in [0.3, 0.4) is 0 Å². The van der Waals surface area contributed by atoms with Gasteiger partial charge in [-0.15, -0.1) is 0 Å². The van der Waals surface area contributed by atoms with Crippen LogP contribution in [0.5, 0.6) is 5.75 Å². The Kier molecular flexibility index (Phi) is 3.70. The van der Waals surface area contributed by atoms with Gasteiger partial charge in [-0.2, -0.15) is 0 Å². The second-order valence-electron chi connectivity index (χ2n) is 5.73. The van der Waals surface area contributed by atoms with Crippen molar-refractivity contribution in [1.82, 2.24) is 4.57 Å². The van der Waals surface area contributed by atoms with Gasteiger partial charge in [-0.05, 0) is 44.5 Å². The lowest BCUT2D eigenvalue weighted by Gasteiger charge is -2.09. The lowest BCUT2D eigenvalue weighted by atomic mass is 10.1. The van der Waals surface area contributed by atoms with Gasteiger partial charge >= 0.3 is 0 Å². The molecular formula is C19H21NO. The van der Waals surface area contributed by atoms with Crippen molar-refractivity contribution in [3.63, 3.8) is 0 Å². The Hall–Kier alpha value is -2.22. The summed E-state index contributed by atoms with van der Waals surface area (Å²) in [5.41, 5.74) is 3.84. The third-order valence-electron chi connectivity index (χ3n) is 3.84. The Morgan fingerprint density at radius 1 is 1.00 bits per heavy atom.